The van der Waals surface area contributed by atoms with Crippen molar-refractivity contribution in [3.8, 4) is 23.2 Å². The second kappa shape index (κ2) is 11.8. The van der Waals surface area contributed by atoms with Crippen LogP contribution in [0.5, 0.6) is 0 Å². The molecule has 2 aromatic heterocycles. The van der Waals surface area contributed by atoms with Gasteiger partial charge in [0.2, 0.25) is 0 Å². The molecule has 2 atom stereocenters. The van der Waals surface area contributed by atoms with Crippen LogP contribution < -0.4 is 0 Å². The summed E-state index contributed by atoms with van der Waals surface area (Å²) in [4.78, 5) is 7.08. The number of benzene rings is 1. The Morgan fingerprint density at radius 1 is 1.11 bits per heavy atom. The summed E-state index contributed by atoms with van der Waals surface area (Å²) in [6.07, 6.45) is 8.93. The first-order valence-electron chi connectivity index (χ1n) is 13.9. The molecule has 2 saturated heterocycles. The zero-order chi connectivity index (χ0) is 25.7. The topological polar surface area (TPSA) is 74.8 Å². The molecule has 0 unspecified atom stereocenters. The lowest BCUT2D eigenvalue weighted by molar-refractivity contribution is -0.188. The molecule has 1 aromatic carbocycles. The Morgan fingerprint density at radius 2 is 1.95 bits per heavy atom. The van der Waals surface area contributed by atoms with Gasteiger partial charge in [-0.25, -0.2) is 4.98 Å². The molecule has 38 heavy (non-hydrogen) atoms. The molecule has 3 fully saturated rings. The molecule has 3 aromatic rings. The number of nitrogens with zero attached hydrogens (tertiary/aromatic N) is 4. The van der Waals surface area contributed by atoms with Crippen molar-refractivity contribution in [2.45, 2.75) is 64.0 Å². The van der Waals surface area contributed by atoms with E-state index in [2.05, 4.69) is 43.6 Å². The first-order chi connectivity index (χ1) is 18.7. The van der Waals surface area contributed by atoms with Gasteiger partial charge in [-0.15, -0.1) is 0 Å². The Balaban J connectivity index is 1.03. The number of imidazole rings is 1. The van der Waals surface area contributed by atoms with Crippen LogP contribution in [-0.2, 0) is 20.8 Å². The highest BCUT2D eigenvalue weighted by molar-refractivity contribution is 5.59. The van der Waals surface area contributed by atoms with E-state index < -0.39 is 0 Å². The molecule has 2 aliphatic heterocycles. The SMILES string of the molecule is C[C@H](O[C@H]1CCCCO1)c1nccn1Cc1cc(-c2ccc(C#CC3CC(N4CCOCC4)C3)cc2)on1. The van der Waals surface area contributed by atoms with E-state index in [1.165, 1.54) is 12.8 Å². The van der Waals surface area contributed by atoms with Crippen molar-refractivity contribution in [3.05, 3.63) is 59.8 Å². The van der Waals surface area contributed by atoms with Crippen LogP contribution in [0, 0.1) is 17.8 Å². The Bertz CT molecular complexity index is 1240. The minimum Gasteiger partial charge on any atom is -0.379 e. The van der Waals surface area contributed by atoms with Gasteiger partial charge in [0, 0.05) is 61.2 Å². The third-order valence-corrected chi connectivity index (χ3v) is 7.76. The van der Waals surface area contributed by atoms with Gasteiger partial charge < -0.3 is 23.3 Å². The standard InChI is InChI=1S/C30H36N4O4/c1-22(37-29-4-2-3-15-36-29)30-31-11-12-34(30)21-26-20-28(38-32-26)25-9-7-23(8-10-25)5-6-24-18-27(19-24)33-13-16-35-17-14-33/h7-12,20,22,24,27,29H,2-4,13-19,21H2,1H3/t22-,24?,27?,29-/m0/s1. The molecule has 200 valence electrons. The summed E-state index contributed by atoms with van der Waals surface area (Å²) in [5, 5.41) is 4.30. The smallest absolute Gasteiger partial charge is 0.167 e. The van der Waals surface area contributed by atoms with E-state index in [9.17, 15) is 0 Å². The number of hydrogen-bond acceptors (Lipinski definition) is 7. The highest BCUT2D eigenvalue weighted by Crippen LogP contribution is 2.32. The first kappa shape index (κ1) is 25.3. The summed E-state index contributed by atoms with van der Waals surface area (Å²) in [6, 6.07) is 10.9. The lowest BCUT2D eigenvalue weighted by atomic mass is 9.79. The van der Waals surface area contributed by atoms with E-state index >= 15 is 0 Å². The molecular weight excluding hydrogens is 480 g/mol. The molecular formula is C30H36N4O4. The van der Waals surface area contributed by atoms with E-state index in [0.717, 1.165) is 80.6 Å². The molecule has 0 spiro atoms. The van der Waals surface area contributed by atoms with Gasteiger partial charge in [-0.05, 0) is 63.3 Å². The molecule has 3 aliphatic rings. The van der Waals surface area contributed by atoms with Gasteiger partial charge in [0.25, 0.3) is 0 Å². The van der Waals surface area contributed by atoms with Crippen molar-refractivity contribution in [3.63, 3.8) is 0 Å². The lowest BCUT2D eigenvalue weighted by Gasteiger charge is -2.42. The average Bonchev–Trinajstić information content (AvgIpc) is 3.60. The summed E-state index contributed by atoms with van der Waals surface area (Å²) in [6.45, 7) is 7.18. The number of morpholine rings is 1. The maximum Gasteiger partial charge on any atom is 0.167 e. The monoisotopic (exact) mass is 516 g/mol. The summed E-state index contributed by atoms with van der Waals surface area (Å²) >= 11 is 0. The van der Waals surface area contributed by atoms with Crippen LogP contribution in [0.25, 0.3) is 11.3 Å². The fourth-order valence-corrected chi connectivity index (χ4v) is 5.47. The van der Waals surface area contributed by atoms with Crippen molar-refractivity contribution in [2.75, 3.05) is 32.9 Å². The van der Waals surface area contributed by atoms with E-state index in [0.29, 0.717) is 18.5 Å². The average molecular weight is 517 g/mol. The van der Waals surface area contributed by atoms with Crippen molar-refractivity contribution < 1.29 is 18.7 Å². The maximum absolute atomic E-state index is 6.11. The molecule has 8 heteroatoms. The highest BCUT2D eigenvalue weighted by Gasteiger charge is 2.33. The number of rotatable bonds is 7. The van der Waals surface area contributed by atoms with Gasteiger partial charge in [-0.3, -0.25) is 4.90 Å². The van der Waals surface area contributed by atoms with Crippen LogP contribution in [-0.4, -0.2) is 64.8 Å². The zero-order valence-electron chi connectivity index (χ0n) is 22.1. The molecule has 4 heterocycles. The van der Waals surface area contributed by atoms with Gasteiger partial charge in [-0.2, -0.15) is 0 Å². The Hall–Kier alpha value is -2.96. The summed E-state index contributed by atoms with van der Waals surface area (Å²) in [7, 11) is 0. The fourth-order valence-electron chi connectivity index (χ4n) is 5.47. The molecule has 0 amide bonds. The van der Waals surface area contributed by atoms with Crippen molar-refractivity contribution >= 4 is 0 Å². The molecule has 1 saturated carbocycles. The second-order valence-corrected chi connectivity index (χ2v) is 10.5. The number of aromatic nitrogens is 3. The quantitative estimate of drug-likeness (QED) is 0.423. The Morgan fingerprint density at radius 3 is 2.74 bits per heavy atom. The highest BCUT2D eigenvalue weighted by atomic mass is 16.7. The van der Waals surface area contributed by atoms with Crippen molar-refractivity contribution in [1.82, 2.24) is 19.6 Å². The minimum atomic E-state index is -0.168. The van der Waals surface area contributed by atoms with Crippen LogP contribution in [0.4, 0.5) is 0 Å². The van der Waals surface area contributed by atoms with Gasteiger partial charge in [0.05, 0.1) is 19.8 Å². The molecule has 0 radical (unpaired) electrons. The number of hydrogen-bond donors (Lipinski definition) is 0. The van der Waals surface area contributed by atoms with Crippen LogP contribution in [0.2, 0.25) is 0 Å². The van der Waals surface area contributed by atoms with Crippen molar-refractivity contribution in [2.24, 2.45) is 5.92 Å². The molecule has 1 aliphatic carbocycles. The molecule has 6 rings (SSSR count). The van der Waals surface area contributed by atoms with Gasteiger partial charge >= 0.3 is 0 Å². The summed E-state index contributed by atoms with van der Waals surface area (Å²) in [5.74, 6) is 8.92. The fraction of sp³-hybridized carbons (Fsp3) is 0.533. The normalized spacial score (nSPS) is 24.8. The Labute approximate surface area is 224 Å². The zero-order valence-corrected chi connectivity index (χ0v) is 22.1. The van der Waals surface area contributed by atoms with E-state index in [-0.39, 0.29) is 12.4 Å². The van der Waals surface area contributed by atoms with E-state index in [1.54, 1.807) is 6.20 Å². The molecule has 0 bridgehead atoms. The second-order valence-electron chi connectivity index (χ2n) is 10.5. The summed E-state index contributed by atoms with van der Waals surface area (Å²) in [5.41, 5.74) is 2.86. The molecule has 8 nitrogen and oxygen atoms in total. The third-order valence-electron chi connectivity index (χ3n) is 7.76. The van der Waals surface area contributed by atoms with E-state index in [4.69, 9.17) is 18.7 Å². The number of ether oxygens (including phenoxy) is 3. The van der Waals surface area contributed by atoms with Gasteiger partial charge in [0.15, 0.2) is 12.1 Å². The van der Waals surface area contributed by atoms with E-state index in [1.807, 2.05) is 31.3 Å². The first-order valence-corrected chi connectivity index (χ1v) is 13.9. The van der Waals surface area contributed by atoms with Crippen molar-refractivity contribution in [1.29, 1.82) is 0 Å². The maximum atomic E-state index is 6.11. The third kappa shape index (κ3) is 6.02. The molecule has 0 N–H and O–H groups in total. The van der Waals surface area contributed by atoms with Crippen LogP contribution in [0.15, 0.2) is 47.2 Å². The lowest BCUT2D eigenvalue weighted by Crippen LogP contribution is -2.49. The van der Waals surface area contributed by atoms with Gasteiger partial charge in [0.1, 0.15) is 17.6 Å². The van der Waals surface area contributed by atoms with Crippen LogP contribution in [0.3, 0.4) is 0 Å². The van der Waals surface area contributed by atoms with Gasteiger partial charge in [-0.1, -0.05) is 17.0 Å². The van der Waals surface area contributed by atoms with Crippen LogP contribution >= 0.6 is 0 Å². The predicted octanol–water partition coefficient (Wildman–Crippen LogP) is 4.65. The van der Waals surface area contributed by atoms with Crippen LogP contribution in [0.1, 0.15) is 62.2 Å². The predicted molar refractivity (Wildman–Crippen MR) is 142 cm³/mol. The largest absolute Gasteiger partial charge is 0.379 e. The summed E-state index contributed by atoms with van der Waals surface area (Å²) < 4.78 is 25.0. The minimum absolute atomic E-state index is 0.157. The Kier molecular flexibility index (Phi) is 7.89.